The molecule has 0 radical (unpaired) electrons. The van der Waals surface area contributed by atoms with E-state index in [0.29, 0.717) is 0 Å². The van der Waals surface area contributed by atoms with Crippen molar-refractivity contribution in [2.45, 2.75) is 13.0 Å². The molecule has 0 rings (SSSR count). The van der Waals surface area contributed by atoms with Gasteiger partial charge in [0.2, 0.25) is 0 Å². The van der Waals surface area contributed by atoms with Gasteiger partial charge in [-0.15, -0.1) is 0 Å². The molecule has 0 aliphatic rings. The van der Waals surface area contributed by atoms with Crippen molar-refractivity contribution in [2.24, 2.45) is 0 Å². The van der Waals surface area contributed by atoms with Crippen LogP contribution in [-0.2, 0) is 15.2 Å². The Labute approximate surface area is 141 Å². The van der Waals surface area contributed by atoms with Gasteiger partial charge in [0.05, 0.1) is 0 Å². The van der Waals surface area contributed by atoms with E-state index in [1.54, 1.807) is 0 Å². The normalized spacial score (nSPS) is 10.8. The molecule has 1 atom stereocenters. The molecule has 7 nitrogen and oxygen atoms in total. The van der Waals surface area contributed by atoms with Gasteiger partial charge in [0.25, 0.3) is 0 Å². The van der Waals surface area contributed by atoms with Crippen LogP contribution in [0.5, 0.6) is 0 Å². The maximum absolute atomic E-state index is 9.45. The van der Waals surface area contributed by atoms with Crippen molar-refractivity contribution in [1.82, 2.24) is 0 Å². The first-order valence-electron chi connectivity index (χ1n) is 2.25. The van der Waals surface area contributed by atoms with E-state index in [1.165, 1.54) is 6.92 Å². The first-order valence-corrected chi connectivity index (χ1v) is 3.65. The molecule has 1 unspecified atom stereocenters. The number of aliphatic hydroxyl groups is 1. The predicted molar refractivity (Wildman–Crippen MR) is 49.5 cm³/mol. The van der Waals surface area contributed by atoms with Gasteiger partial charge in [-0.25, -0.2) is 4.79 Å². The second-order valence-electron chi connectivity index (χ2n) is 1.46. The largest absolute Gasteiger partial charge is 2.00 e. The summed E-state index contributed by atoms with van der Waals surface area (Å²) in [7, 11) is -4.67. The molecule has 0 aromatic rings. The molecule has 0 aromatic carbocycles. The molecule has 10 heteroatoms. The van der Waals surface area contributed by atoms with Gasteiger partial charge in [-0.1, -0.05) is 0 Å². The Morgan fingerprint density at radius 3 is 1.38 bits per heavy atom. The average molecular weight is 272 g/mol. The van der Waals surface area contributed by atoms with Crippen molar-refractivity contribution in [3.05, 3.63) is 0 Å². The summed E-state index contributed by atoms with van der Waals surface area (Å²) >= 11 is 0. The Hall–Kier alpha value is 1.82. The fourth-order valence-electron chi connectivity index (χ4n) is 0. The summed E-state index contributed by atoms with van der Waals surface area (Å²) in [4.78, 5) is 9.45. The topological polar surface area (TPSA) is 132 Å². The molecule has 0 aliphatic carbocycles. The summed E-state index contributed by atoms with van der Waals surface area (Å²) in [5.74, 6) is -1.19. The molecular weight excluding hydrogens is 260 g/mol. The molecule has 0 saturated heterocycles. The molecule has 0 aromatic heterocycles. The maximum Gasteiger partial charge on any atom is 2.00 e. The van der Waals surface area contributed by atoms with Gasteiger partial charge in [0, 0.05) is 0 Å². The zero-order valence-electron chi connectivity index (χ0n) is 10.9. The van der Waals surface area contributed by atoms with E-state index in [9.17, 15) is 4.79 Å². The zero-order chi connectivity index (χ0) is 9.65. The number of hydrogen-bond donors (Lipinski definition) is 4. The third-order valence-electron chi connectivity index (χ3n) is 0.357. The number of hydrogen-bond acceptors (Lipinski definition) is 4. The van der Waals surface area contributed by atoms with E-state index < -0.39 is 22.5 Å². The van der Waals surface area contributed by atoms with Crippen LogP contribution >= 0.6 is 0 Å². The second kappa shape index (κ2) is 11.9. The Kier molecular flexibility index (Phi) is 22.1. The minimum atomic E-state index is -4.67. The molecule has 0 heterocycles. The van der Waals surface area contributed by atoms with E-state index in [4.69, 9.17) is 27.7 Å². The van der Waals surface area contributed by atoms with Crippen molar-refractivity contribution in [3.63, 3.8) is 0 Å². The number of aliphatic carboxylic acids is 1. The van der Waals surface area contributed by atoms with E-state index in [2.05, 4.69) is 0 Å². The van der Waals surface area contributed by atoms with Crippen molar-refractivity contribution < 1.29 is 38.2 Å². The first kappa shape index (κ1) is 24.2. The molecule has 4 N–H and O–H groups in total. The number of rotatable bonds is 1. The van der Waals surface area contributed by atoms with Crippen molar-refractivity contribution >= 4 is 91.8 Å². The van der Waals surface area contributed by atoms with E-state index in [0.717, 1.165) is 0 Å². The predicted octanol–water partition coefficient (Wildman–Crippen LogP) is -1.51. The molecule has 13 heavy (non-hydrogen) atoms. The second-order valence-corrected chi connectivity index (χ2v) is 2.36. The zero-order valence-corrected chi connectivity index (χ0v) is 12.1. The molecule has 0 saturated carbocycles. The summed E-state index contributed by atoms with van der Waals surface area (Å²) in [6.45, 7) is 1.20. The Morgan fingerprint density at radius 2 is 1.38 bits per heavy atom. The standard InChI is InChI=1S/C3H6O3.2Ca.H2O4S.4H/c1-2(4)3(5)6;;;1-5(2,3)4;;;;/h2,4H,1H3,(H,5,6);;;(H2,1,2,3,4);;;;/q;2*+2;;4*-1. The first-order chi connectivity index (χ1) is 4.64. The Morgan fingerprint density at radius 1 is 1.31 bits per heavy atom. The maximum atomic E-state index is 9.45. The van der Waals surface area contributed by atoms with Crippen LogP contribution in [0.15, 0.2) is 0 Å². The van der Waals surface area contributed by atoms with Crippen LogP contribution in [-0.4, -0.2) is 115 Å². The summed E-state index contributed by atoms with van der Waals surface area (Å²) in [6, 6.07) is 0. The quantitative estimate of drug-likeness (QED) is 0.337. The number of carbonyl (C=O) groups is 1. The minimum Gasteiger partial charge on any atom is -1.00 e. The number of aliphatic hydroxyl groups excluding tert-OH is 1. The van der Waals surface area contributed by atoms with Gasteiger partial charge >= 0.3 is 91.8 Å². The number of carboxylic acids is 1. The Balaban J connectivity index is -0.0000000118. The fraction of sp³-hybridized carbons (Fsp3) is 0.667. The molecule has 0 aliphatic heterocycles. The summed E-state index contributed by atoms with van der Waals surface area (Å²) in [5.41, 5.74) is 0. The van der Waals surface area contributed by atoms with Crippen molar-refractivity contribution in [3.8, 4) is 0 Å². The molecule has 0 fully saturated rings. The van der Waals surface area contributed by atoms with Crippen LogP contribution in [0.25, 0.3) is 0 Å². The smallest absolute Gasteiger partial charge is 1.00 e. The summed E-state index contributed by atoms with van der Waals surface area (Å²) < 4.78 is 31.6. The molecule has 0 amide bonds. The van der Waals surface area contributed by atoms with E-state index in [1.807, 2.05) is 0 Å². The molecular formula is C3H12Ca2O7S. The van der Waals surface area contributed by atoms with Gasteiger partial charge in [-0.05, 0) is 6.92 Å². The van der Waals surface area contributed by atoms with Gasteiger partial charge in [-0.3, -0.25) is 9.11 Å². The minimum absolute atomic E-state index is 0. The van der Waals surface area contributed by atoms with E-state index >= 15 is 0 Å². The summed E-state index contributed by atoms with van der Waals surface area (Å²) in [6.07, 6.45) is -1.23. The van der Waals surface area contributed by atoms with Gasteiger partial charge in [-0.2, -0.15) is 8.42 Å². The van der Waals surface area contributed by atoms with Crippen molar-refractivity contribution in [1.29, 1.82) is 0 Å². The van der Waals surface area contributed by atoms with Gasteiger partial charge < -0.3 is 15.9 Å². The number of carboxylic acid groups (broad SMARTS) is 1. The SMILES string of the molecule is CC(O)C(=O)O.O=S(=O)(O)O.[Ca+2].[Ca+2].[H-].[H-].[H-].[H-]. The van der Waals surface area contributed by atoms with Crippen molar-refractivity contribution in [2.75, 3.05) is 0 Å². The Bertz CT molecular complexity index is 215. The van der Waals surface area contributed by atoms with Crippen LogP contribution in [0, 0.1) is 0 Å². The van der Waals surface area contributed by atoms with Crippen LogP contribution in [0.1, 0.15) is 12.6 Å². The van der Waals surface area contributed by atoms with Crippen LogP contribution in [0.2, 0.25) is 0 Å². The van der Waals surface area contributed by atoms with Crippen LogP contribution in [0.4, 0.5) is 0 Å². The molecule has 0 bridgehead atoms. The van der Waals surface area contributed by atoms with Crippen LogP contribution in [0.3, 0.4) is 0 Å². The average Bonchev–Trinajstić information content (AvgIpc) is 1.59. The fourth-order valence-corrected chi connectivity index (χ4v) is 0. The van der Waals surface area contributed by atoms with Crippen LogP contribution < -0.4 is 0 Å². The van der Waals surface area contributed by atoms with Gasteiger partial charge in [0.15, 0.2) is 0 Å². The third-order valence-corrected chi connectivity index (χ3v) is 0.357. The molecule has 76 valence electrons. The van der Waals surface area contributed by atoms with Gasteiger partial charge in [0.1, 0.15) is 6.10 Å². The molecule has 0 spiro atoms. The summed E-state index contributed by atoms with van der Waals surface area (Å²) in [5, 5.41) is 15.8. The third kappa shape index (κ3) is 57.0. The van der Waals surface area contributed by atoms with E-state index in [-0.39, 0.29) is 81.2 Å². The monoisotopic (exact) mass is 272 g/mol.